The highest BCUT2D eigenvalue weighted by Crippen LogP contribution is 2.15. The van der Waals surface area contributed by atoms with Crippen LogP contribution >= 0.6 is 0 Å². The Kier molecular flexibility index (Phi) is 5.02. The Balaban J connectivity index is 1.63. The topological polar surface area (TPSA) is 91.6 Å². The lowest BCUT2D eigenvalue weighted by Crippen LogP contribution is -2.38. The molecule has 0 aliphatic rings. The number of benzene rings is 1. The van der Waals surface area contributed by atoms with Gasteiger partial charge in [0.2, 0.25) is 0 Å². The number of nitrogens with zero attached hydrogens (tertiary/aromatic N) is 3. The van der Waals surface area contributed by atoms with Gasteiger partial charge in [0.1, 0.15) is 0 Å². The lowest BCUT2D eigenvalue weighted by Gasteiger charge is -2.18. The van der Waals surface area contributed by atoms with Gasteiger partial charge in [-0.1, -0.05) is 30.3 Å². The van der Waals surface area contributed by atoms with E-state index in [9.17, 15) is 9.90 Å². The summed E-state index contributed by atoms with van der Waals surface area (Å²) in [5.74, 6) is 0. The van der Waals surface area contributed by atoms with Crippen LogP contribution < -0.4 is 10.6 Å². The third-order valence-electron chi connectivity index (χ3n) is 3.72. The second-order valence-electron chi connectivity index (χ2n) is 5.34. The molecule has 2 aromatic heterocycles. The summed E-state index contributed by atoms with van der Waals surface area (Å²) in [4.78, 5) is 16.4. The van der Waals surface area contributed by atoms with Crippen molar-refractivity contribution in [3.05, 3.63) is 66.1 Å². The summed E-state index contributed by atoms with van der Waals surface area (Å²) in [5.41, 5.74) is 2.52. The highest BCUT2D eigenvalue weighted by molar-refractivity contribution is 5.74. The van der Waals surface area contributed by atoms with Crippen LogP contribution in [0.1, 0.15) is 23.7 Å². The molecule has 124 valence electrons. The van der Waals surface area contributed by atoms with Crippen molar-refractivity contribution in [3.63, 3.8) is 0 Å². The Morgan fingerprint density at radius 2 is 2.00 bits per heavy atom. The fourth-order valence-corrected chi connectivity index (χ4v) is 2.54. The van der Waals surface area contributed by atoms with E-state index in [-0.39, 0.29) is 18.7 Å². The predicted molar refractivity (Wildman–Crippen MR) is 89.2 cm³/mol. The van der Waals surface area contributed by atoms with Crippen LogP contribution in [-0.2, 0) is 6.54 Å². The molecule has 0 aliphatic heterocycles. The lowest BCUT2D eigenvalue weighted by atomic mass is 10.0. The van der Waals surface area contributed by atoms with E-state index in [1.165, 1.54) is 0 Å². The Hall–Kier alpha value is -2.93. The molecule has 2 heterocycles. The number of hydrogen-bond acceptors (Lipinski definition) is 4. The molecule has 0 radical (unpaired) electrons. The highest BCUT2D eigenvalue weighted by Gasteiger charge is 2.14. The molecule has 0 bridgehead atoms. The molecule has 3 aromatic rings. The molecular formula is C17H19N5O2. The van der Waals surface area contributed by atoms with Gasteiger partial charge in [0.05, 0.1) is 24.5 Å². The van der Waals surface area contributed by atoms with Gasteiger partial charge < -0.3 is 15.7 Å². The van der Waals surface area contributed by atoms with E-state index in [0.717, 1.165) is 16.9 Å². The molecule has 1 aromatic carbocycles. The Morgan fingerprint density at radius 3 is 2.79 bits per heavy atom. The molecule has 24 heavy (non-hydrogen) atoms. The first kappa shape index (κ1) is 15.9. The smallest absolute Gasteiger partial charge is 0.315 e. The van der Waals surface area contributed by atoms with E-state index in [0.29, 0.717) is 13.0 Å². The van der Waals surface area contributed by atoms with E-state index < -0.39 is 0 Å². The zero-order chi connectivity index (χ0) is 16.8. The molecular weight excluding hydrogens is 306 g/mol. The number of urea groups is 1. The SMILES string of the molecule is O=C(NCc1ccnc2ccnn12)N[C@H](CCO)c1ccccc1. The lowest BCUT2D eigenvalue weighted by molar-refractivity contribution is 0.228. The first-order valence-corrected chi connectivity index (χ1v) is 7.75. The van der Waals surface area contributed by atoms with Crippen LogP contribution in [0.3, 0.4) is 0 Å². The predicted octanol–water partition coefficient (Wildman–Crippen LogP) is 1.65. The van der Waals surface area contributed by atoms with Crippen molar-refractivity contribution >= 4 is 11.7 Å². The van der Waals surface area contributed by atoms with Crippen molar-refractivity contribution < 1.29 is 9.90 Å². The number of hydrogen-bond donors (Lipinski definition) is 3. The monoisotopic (exact) mass is 325 g/mol. The molecule has 0 spiro atoms. The maximum atomic E-state index is 12.2. The zero-order valence-electron chi connectivity index (χ0n) is 13.1. The number of aromatic nitrogens is 3. The molecule has 0 saturated heterocycles. The minimum absolute atomic E-state index is 0.00188. The van der Waals surface area contributed by atoms with Crippen LogP contribution in [0.15, 0.2) is 54.9 Å². The summed E-state index contributed by atoms with van der Waals surface area (Å²) in [5, 5.41) is 19.1. The third-order valence-corrected chi connectivity index (χ3v) is 3.72. The van der Waals surface area contributed by atoms with E-state index in [4.69, 9.17) is 0 Å². The maximum absolute atomic E-state index is 12.2. The molecule has 2 amide bonds. The van der Waals surface area contributed by atoms with E-state index in [1.54, 1.807) is 23.0 Å². The summed E-state index contributed by atoms with van der Waals surface area (Å²) < 4.78 is 1.68. The van der Waals surface area contributed by atoms with E-state index >= 15 is 0 Å². The van der Waals surface area contributed by atoms with Crippen molar-refractivity contribution in [3.8, 4) is 0 Å². The van der Waals surface area contributed by atoms with Crippen LogP contribution in [0.5, 0.6) is 0 Å². The number of fused-ring (bicyclic) bond motifs is 1. The Labute approximate surface area is 139 Å². The van der Waals surface area contributed by atoms with Crippen LogP contribution in [0.25, 0.3) is 5.65 Å². The number of aliphatic hydroxyl groups excluding tert-OH is 1. The van der Waals surface area contributed by atoms with Gasteiger partial charge in [0, 0.05) is 18.9 Å². The molecule has 7 heteroatoms. The number of amides is 2. The van der Waals surface area contributed by atoms with Gasteiger partial charge in [-0.2, -0.15) is 5.10 Å². The van der Waals surface area contributed by atoms with E-state index in [1.807, 2.05) is 36.4 Å². The molecule has 0 fully saturated rings. The minimum atomic E-state index is -0.297. The van der Waals surface area contributed by atoms with Crippen molar-refractivity contribution in [2.75, 3.05) is 6.61 Å². The zero-order valence-corrected chi connectivity index (χ0v) is 13.1. The van der Waals surface area contributed by atoms with Crippen molar-refractivity contribution in [1.82, 2.24) is 25.2 Å². The Morgan fingerprint density at radius 1 is 1.17 bits per heavy atom. The number of rotatable bonds is 6. The average molecular weight is 325 g/mol. The number of carbonyl (C=O) groups is 1. The van der Waals surface area contributed by atoms with Crippen molar-refractivity contribution in [2.45, 2.75) is 19.0 Å². The first-order valence-electron chi connectivity index (χ1n) is 7.75. The van der Waals surface area contributed by atoms with Gasteiger partial charge >= 0.3 is 6.03 Å². The number of aliphatic hydroxyl groups is 1. The normalized spacial score (nSPS) is 12.0. The first-order chi connectivity index (χ1) is 11.8. The molecule has 0 aliphatic carbocycles. The fourth-order valence-electron chi connectivity index (χ4n) is 2.54. The summed E-state index contributed by atoms with van der Waals surface area (Å²) in [6.07, 6.45) is 3.80. The van der Waals surface area contributed by atoms with Gasteiger partial charge in [-0.05, 0) is 18.1 Å². The molecule has 0 unspecified atom stereocenters. The fraction of sp³-hybridized carbons (Fsp3) is 0.235. The summed E-state index contributed by atoms with van der Waals surface area (Å²) in [6, 6.07) is 12.7. The average Bonchev–Trinajstić information content (AvgIpc) is 3.09. The van der Waals surface area contributed by atoms with Gasteiger partial charge in [-0.25, -0.2) is 14.3 Å². The quantitative estimate of drug-likeness (QED) is 0.643. The van der Waals surface area contributed by atoms with Gasteiger partial charge in [-0.3, -0.25) is 0 Å². The van der Waals surface area contributed by atoms with Crippen molar-refractivity contribution in [2.24, 2.45) is 0 Å². The molecule has 0 saturated carbocycles. The largest absolute Gasteiger partial charge is 0.396 e. The molecule has 7 nitrogen and oxygen atoms in total. The highest BCUT2D eigenvalue weighted by atomic mass is 16.3. The summed E-state index contributed by atoms with van der Waals surface area (Å²) in [7, 11) is 0. The van der Waals surface area contributed by atoms with Crippen LogP contribution in [0, 0.1) is 0 Å². The van der Waals surface area contributed by atoms with E-state index in [2.05, 4.69) is 20.7 Å². The van der Waals surface area contributed by atoms with Gasteiger partial charge in [0.25, 0.3) is 0 Å². The standard InChI is InChI=1S/C17H19N5O2/c23-11-8-15(13-4-2-1-3-5-13)21-17(24)19-12-14-6-9-18-16-7-10-20-22(14)16/h1-7,9-10,15,23H,8,11-12H2,(H2,19,21,24)/t15-/m1/s1. The molecule has 3 N–H and O–H groups in total. The Bertz CT molecular complexity index is 803. The number of nitrogens with one attached hydrogen (secondary N) is 2. The minimum Gasteiger partial charge on any atom is -0.396 e. The maximum Gasteiger partial charge on any atom is 0.315 e. The van der Waals surface area contributed by atoms with Crippen molar-refractivity contribution in [1.29, 1.82) is 0 Å². The van der Waals surface area contributed by atoms with Crippen LogP contribution in [-0.4, -0.2) is 32.3 Å². The molecule has 3 rings (SSSR count). The summed E-state index contributed by atoms with van der Waals surface area (Å²) in [6.45, 7) is 0.325. The van der Waals surface area contributed by atoms with Gasteiger partial charge in [-0.15, -0.1) is 0 Å². The number of carbonyl (C=O) groups excluding carboxylic acids is 1. The third kappa shape index (κ3) is 3.69. The van der Waals surface area contributed by atoms with Crippen LogP contribution in [0.4, 0.5) is 4.79 Å². The second-order valence-corrected chi connectivity index (χ2v) is 5.34. The van der Waals surface area contributed by atoms with Crippen LogP contribution in [0.2, 0.25) is 0 Å². The summed E-state index contributed by atoms with van der Waals surface area (Å²) >= 11 is 0. The second kappa shape index (κ2) is 7.56. The molecule has 1 atom stereocenters. The van der Waals surface area contributed by atoms with Gasteiger partial charge in [0.15, 0.2) is 5.65 Å².